The standard InChI is InChI=1S/C21H19N5O.H2O/c1-2-23-21(27)25-18-7-3-5-16(11-18)19-14-24-20-12-15(8-10-26(19)20)17-6-4-9-22-13-17;/h3-14H,2H2,1H3,(H2,23,25,27);1H2. The predicted octanol–water partition coefficient (Wildman–Crippen LogP) is 3.45. The average Bonchev–Trinajstić information content (AvgIpc) is 3.12. The largest absolute Gasteiger partial charge is 0.870 e. The SMILES string of the molecule is CCNC(=O)Nc1cccc(-c2c[nH]c3cc(-c4cccnc4)cc[n+]23)c1.[OH-]. The van der Waals surface area contributed by atoms with Crippen LogP contribution in [0.1, 0.15) is 6.92 Å². The van der Waals surface area contributed by atoms with Gasteiger partial charge in [0.25, 0.3) is 5.65 Å². The Morgan fingerprint density at radius 2 is 1.96 bits per heavy atom. The van der Waals surface area contributed by atoms with Crippen molar-refractivity contribution in [2.75, 3.05) is 11.9 Å². The molecule has 3 aromatic heterocycles. The molecule has 0 atom stereocenters. The van der Waals surface area contributed by atoms with Crippen LogP contribution in [0.3, 0.4) is 0 Å². The summed E-state index contributed by atoms with van der Waals surface area (Å²) in [5.41, 5.74) is 5.93. The second-order valence-electron chi connectivity index (χ2n) is 6.15. The molecule has 0 aliphatic heterocycles. The van der Waals surface area contributed by atoms with Crippen molar-refractivity contribution in [1.29, 1.82) is 0 Å². The van der Waals surface area contributed by atoms with Crippen LogP contribution in [-0.2, 0) is 0 Å². The van der Waals surface area contributed by atoms with Crippen LogP contribution < -0.4 is 15.0 Å². The number of pyridine rings is 2. The number of nitrogens with zero attached hydrogens (tertiary/aromatic N) is 2. The van der Waals surface area contributed by atoms with Gasteiger partial charge in [-0.3, -0.25) is 4.98 Å². The summed E-state index contributed by atoms with van der Waals surface area (Å²) in [6, 6.07) is 15.7. The first-order chi connectivity index (χ1) is 13.2. The van der Waals surface area contributed by atoms with Crippen LogP contribution in [0.2, 0.25) is 0 Å². The molecule has 28 heavy (non-hydrogen) atoms. The number of amides is 2. The Bertz CT molecular complexity index is 1090. The third-order valence-corrected chi connectivity index (χ3v) is 4.32. The molecule has 0 radical (unpaired) electrons. The number of rotatable bonds is 4. The molecule has 1 aromatic carbocycles. The molecular formula is C21H21N5O2. The molecule has 0 unspecified atom stereocenters. The number of aromatic amines is 1. The molecule has 0 bridgehead atoms. The molecule has 4 N–H and O–H groups in total. The summed E-state index contributed by atoms with van der Waals surface area (Å²) in [5.74, 6) is 0. The van der Waals surface area contributed by atoms with Crippen LogP contribution in [0, 0.1) is 0 Å². The number of anilines is 1. The summed E-state index contributed by atoms with van der Waals surface area (Å²) in [6.07, 6.45) is 7.62. The lowest BCUT2D eigenvalue weighted by molar-refractivity contribution is -0.497. The molecule has 142 valence electrons. The number of hydrogen-bond acceptors (Lipinski definition) is 3. The van der Waals surface area contributed by atoms with E-state index in [9.17, 15) is 4.79 Å². The van der Waals surface area contributed by atoms with Crippen LogP contribution in [0.15, 0.2) is 73.3 Å². The number of nitrogens with one attached hydrogen (secondary N) is 3. The first kappa shape index (κ1) is 19.1. The highest BCUT2D eigenvalue weighted by Crippen LogP contribution is 2.22. The van der Waals surface area contributed by atoms with E-state index in [1.807, 2.05) is 61.9 Å². The molecule has 0 saturated heterocycles. The molecule has 2 amide bonds. The maximum absolute atomic E-state index is 11.8. The smallest absolute Gasteiger partial charge is 0.319 e. The van der Waals surface area contributed by atoms with E-state index < -0.39 is 0 Å². The quantitative estimate of drug-likeness (QED) is 0.476. The molecule has 3 heterocycles. The minimum absolute atomic E-state index is 0. The van der Waals surface area contributed by atoms with Gasteiger partial charge in [-0.1, -0.05) is 18.2 Å². The number of H-pyrrole nitrogens is 1. The van der Waals surface area contributed by atoms with Crippen LogP contribution in [0.25, 0.3) is 28.0 Å². The fourth-order valence-corrected chi connectivity index (χ4v) is 3.06. The topological polar surface area (TPSA) is 104 Å². The number of aromatic nitrogens is 3. The number of imidazole rings is 1. The maximum Gasteiger partial charge on any atom is 0.319 e. The minimum Gasteiger partial charge on any atom is -0.870 e. The monoisotopic (exact) mass is 375 g/mol. The van der Waals surface area contributed by atoms with Crippen molar-refractivity contribution >= 4 is 17.4 Å². The Kier molecular flexibility index (Phi) is 5.67. The van der Waals surface area contributed by atoms with Gasteiger partial charge in [0, 0.05) is 41.8 Å². The molecule has 7 nitrogen and oxygen atoms in total. The predicted molar refractivity (Wildman–Crippen MR) is 107 cm³/mol. The van der Waals surface area contributed by atoms with Crippen molar-refractivity contribution in [3.8, 4) is 22.4 Å². The van der Waals surface area contributed by atoms with Crippen molar-refractivity contribution in [3.05, 3.63) is 73.3 Å². The van der Waals surface area contributed by atoms with E-state index in [0.717, 1.165) is 33.7 Å². The van der Waals surface area contributed by atoms with Crippen LogP contribution >= 0.6 is 0 Å². The van der Waals surface area contributed by atoms with Gasteiger partial charge in [-0.15, -0.1) is 0 Å². The summed E-state index contributed by atoms with van der Waals surface area (Å²) in [5, 5.41) is 5.58. The van der Waals surface area contributed by atoms with Gasteiger partial charge in [-0.05, 0) is 36.8 Å². The van der Waals surface area contributed by atoms with Crippen LogP contribution in [0.5, 0.6) is 0 Å². The van der Waals surface area contributed by atoms with Crippen molar-refractivity contribution < 1.29 is 14.7 Å². The van der Waals surface area contributed by atoms with E-state index in [0.29, 0.717) is 6.54 Å². The number of urea groups is 1. The Morgan fingerprint density at radius 3 is 2.75 bits per heavy atom. The normalized spacial score (nSPS) is 10.3. The molecule has 4 rings (SSSR count). The zero-order chi connectivity index (χ0) is 18.6. The van der Waals surface area contributed by atoms with E-state index in [-0.39, 0.29) is 11.5 Å². The lowest BCUT2D eigenvalue weighted by Crippen LogP contribution is -2.28. The van der Waals surface area contributed by atoms with Gasteiger partial charge in [0.2, 0.25) is 0 Å². The molecule has 0 spiro atoms. The molecular weight excluding hydrogens is 354 g/mol. The van der Waals surface area contributed by atoms with Crippen molar-refractivity contribution in [1.82, 2.24) is 15.3 Å². The fourth-order valence-electron chi connectivity index (χ4n) is 3.06. The zero-order valence-corrected chi connectivity index (χ0v) is 15.4. The maximum atomic E-state index is 11.8. The van der Waals surface area contributed by atoms with Gasteiger partial charge >= 0.3 is 6.03 Å². The summed E-state index contributed by atoms with van der Waals surface area (Å²) in [7, 11) is 0. The van der Waals surface area contributed by atoms with Crippen molar-refractivity contribution in [3.63, 3.8) is 0 Å². The highest BCUT2D eigenvalue weighted by Gasteiger charge is 2.14. The van der Waals surface area contributed by atoms with Gasteiger partial charge < -0.3 is 16.1 Å². The van der Waals surface area contributed by atoms with Gasteiger partial charge in [-0.25, -0.2) is 9.78 Å². The molecule has 7 heteroatoms. The number of fused-ring (bicyclic) bond motifs is 1. The van der Waals surface area contributed by atoms with Gasteiger partial charge in [-0.2, -0.15) is 4.40 Å². The number of carbonyl (C=O) groups excluding carboxylic acids is 1. The fraction of sp³-hybridized carbons (Fsp3) is 0.0952. The zero-order valence-electron chi connectivity index (χ0n) is 15.4. The lowest BCUT2D eigenvalue weighted by Gasteiger charge is -2.06. The number of benzene rings is 1. The first-order valence-electron chi connectivity index (χ1n) is 8.83. The molecule has 0 aliphatic rings. The van der Waals surface area contributed by atoms with Crippen LogP contribution in [0.4, 0.5) is 10.5 Å². The van der Waals surface area contributed by atoms with E-state index in [1.54, 1.807) is 6.20 Å². The highest BCUT2D eigenvalue weighted by molar-refractivity contribution is 5.89. The second kappa shape index (κ2) is 8.32. The molecule has 0 fully saturated rings. The van der Waals surface area contributed by atoms with Gasteiger partial charge in [0.15, 0.2) is 5.69 Å². The Labute approximate surface area is 162 Å². The Morgan fingerprint density at radius 1 is 1.11 bits per heavy atom. The Hall–Kier alpha value is -3.71. The molecule has 0 aliphatic carbocycles. The molecule has 4 aromatic rings. The van der Waals surface area contributed by atoms with Gasteiger partial charge in [0.05, 0.1) is 6.20 Å². The van der Waals surface area contributed by atoms with Crippen molar-refractivity contribution in [2.45, 2.75) is 6.92 Å². The van der Waals surface area contributed by atoms with Crippen LogP contribution in [-0.4, -0.2) is 28.0 Å². The summed E-state index contributed by atoms with van der Waals surface area (Å²) in [4.78, 5) is 19.3. The number of hydrogen-bond donors (Lipinski definition) is 3. The second-order valence-corrected chi connectivity index (χ2v) is 6.15. The lowest BCUT2D eigenvalue weighted by atomic mass is 10.1. The number of carbonyl (C=O) groups is 1. The third-order valence-electron chi connectivity index (χ3n) is 4.32. The minimum atomic E-state index is -0.206. The van der Waals surface area contributed by atoms with Gasteiger partial charge in [0.1, 0.15) is 6.20 Å². The third kappa shape index (κ3) is 3.84. The average molecular weight is 375 g/mol. The van der Waals surface area contributed by atoms with E-state index >= 15 is 0 Å². The van der Waals surface area contributed by atoms with E-state index in [4.69, 9.17) is 0 Å². The first-order valence-corrected chi connectivity index (χ1v) is 8.83. The summed E-state index contributed by atoms with van der Waals surface area (Å²) in [6.45, 7) is 2.47. The highest BCUT2D eigenvalue weighted by atomic mass is 16.2. The van der Waals surface area contributed by atoms with Crippen molar-refractivity contribution in [2.24, 2.45) is 0 Å². The Balaban J connectivity index is 0.00000225. The summed E-state index contributed by atoms with van der Waals surface area (Å²) < 4.78 is 2.09. The summed E-state index contributed by atoms with van der Waals surface area (Å²) >= 11 is 0. The molecule has 0 saturated carbocycles. The van der Waals surface area contributed by atoms with E-state index in [1.165, 1.54) is 0 Å². The van der Waals surface area contributed by atoms with E-state index in [2.05, 4.69) is 37.1 Å².